The van der Waals surface area contributed by atoms with Gasteiger partial charge in [0.1, 0.15) is 16.9 Å². The van der Waals surface area contributed by atoms with Crippen molar-refractivity contribution in [1.29, 1.82) is 5.26 Å². The molecule has 2 aromatic heterocycles. The monoisotopic (exact) mass is 248 g/mol. The van der Waals surface area contributed by atoms with Crippen molar-refractivity contribution in [3.63, 3.8) is 0 Å². The van der Waals surface area contributed by atoms with E-state index in [1.165, 1.54) is 0 Å². The minimum Gasteiger partial charge on any atom is -0.367 e. The van der Waals surface area contributed by atoms with Crippen LogP contribution in [-0.2, 0) is 6.54 Å². The fourth-order valence-electron chi connectivity index (χ4n) is 1.29. The van der Waals surface area contributed by atoms with Gasteiger partial charge in [0.15, 0.2) is 0 Å². The van der Waals surface area contributed by atoms with Crippen molar-refractivity contribution >= 4 is 17.4 Å². The average molecular weight is 249 g/mol. The Bertz CT molecular complexity index is 530. The van der Waals surface area contributed by atoms with Crippen molar-refractivity contribution in [3.05, 3.63) is 35.2 Å². The van der Waals surface area contributed by atoms with Gasteiger partial charge < -0.3 is 5.32 Å². The van der Waals surface area contributed by atoms with Crippen LogP contribution in [0.25, 0.3) is 0 Å². The molecule has 0 atom stereocenters. The number of nitrogens with zero attached hydrogens (tertiary/aromatic N) is 5. The summed E-state index contributed by atoms with van der Waals surface area (Å²) >= 11 is 5.99. The molecule has 0 spiro atoms. The van der Waals surface area contributed by atoms with Crippen LogP contribution in [0, 0.1) is 11.3 Å². The van der Waals surface area contributed by atoms with E-state index < -0.39 is 0 Å². The normalized spacial score (nSPS) is 9.88. The predicted molar refractivity (Wildman–Crippen MR) is 62.5 cm³/mol. The van der Waals surface area contributed by atoms with Crippen molar-refractivity contribution in [3.8, 4) is 6.07 Å². The molecule has 7 heteroatoms. The Morgan fingerprint density at radius 2 is 2.35 bits per heavy atom. The molecule has 0 fully saturated rings. The lowest BCUT2D eigenvalue weighted by molar-refractivity contribution is 0.608. The van der Waals surface area contributed by atoms with E-state index in [0.717, 1.165) is 0 Å². The summed E-state index contributed by atoms with van der Waals surface area (Å²) in [6, 6.07) is 3.57. The predicted octanol–water partition coefficient (Wildman–Crippen LogP) is 1.31. The SMILES string of the molecule is N#Cc1ccnc(NCCn2ccnn2)c1Cl. The topological polar surface area (TPSA) is 79.4 Å². The molecule has 1 N–H and O–H groups in total. The van der Waals surface area contributed by atoms with E-state index in [-0.39, 0.29) is 0 Å². The first-order chi connectivity index (χ1) is 8.31. The van der Waals surface area contributed by atoms with Crippen LogP contribution in [0.4, 0.5) is 5.82 Å². The first kappa shape index (κ1) is 11.4. The Balaban J connectivity index is 1.98. The molecule has 2 rings (SSSR count). The van der Waals surface area contributed by atoms with Crippen molar-refractivity contribution in [1.82, 2.24) is 20.0 Å². The van der Waals surface area contributed by atoms with E-state index in [1.54, 1.807) is 29.3 Å². The highest BCUT2D eigenvalue weighted by molar-refractivity contribution is 6.34. The Hall–Kier alpha value is -2.13. The highest BCUT2D eigenvalue weighted by Gasteiger charge is 2.06. The van der Waals surface area contributed by atoms with E-state index in [0.29, 0.717) is 29.5 Å². The average Bonchev–Trinajstić information content (AvgIpc) is 2.84. The van der Waals surface area contributed by atoms with Gasteiger partial charge in [0.05, 0.1) is 18.3 Å². The number of aromatic nitrogens is 4. The molecule has 0 bridgehead atoms. The Morgan fingerprint density at radius 3 is 3.06 bits per heavy atom. The number of nitriles is 1. The fourth-order valence-corrected chi connectivity index (χ4v) is 1.52. The van der Waals surface area contributed by atoms with Crippen LogP contribution < -0.4 is 5.32 Å². The van der Waals surface area contributed by atoms with Crippen LogP contribution in [0.5, 0.6) is 0 Å². The zero-order valence-corrected chi connectivity index (χ0v) is 9.59. The Kier molecular flexibility index (Phi) is 3.52. The quantitative estimate of drug-likeness (QED) is 0.883. The highest BCUT2D eigenvalue weighted by Crippen LogP contribution is 2.22. The molecule has 0 radical (unpaired) electrons. The molecule has 0 saturated carbocycles. The second-order valence-corrected chi connectivity index (χ2v) is 3.60. The molecule has 2 aromatic rings. The summed E-state index contributed by atoms with van der Waals surface area (Å²) in [6.45, 7) is 1.25. The third kappa shape index (κ3) is 2.71. The second-order valence-electron chi connectivity index (χ2n) is 3.23. The maximum Gasteiger partial charge on any atom is 0.146 e. The van der Waals surface area contributed by atoms with Gasteiger partial charge in [0.2, 0.25) is 0 Å². The molecule has 0 aromatic carbocycles. The van der Waals surface area contributed by atoms with Crippen LogP contribution in [0.2, 0.25) is 5.02 Å². The zero-order valence-electron chi connectivity index (χ0n) is 8.84. The maximum atomic E-state index is 8.81. The molecule has 0 saturated heterocycles. The van der Waals surface area contributed by atoms with Crippen LogP contribution >= 0.6 is 11.6 Å². The second kappa shape index (κ2) is 5.27. The molecule has 0 aliphatic rings. The van der Waals surface area contributed by atoms with Gasteiger partial charge in [0, 0.05) is 18.9 Å². The van der Waals surface area contributed by atoms with Gasteiger partial charge in [-0.2, -0.15) is 5.26 Å². The first-order valence-corrected chi connectivity index (χ1v) is 5.31. The molecule has 0 unspecified atom stereocenters. The van der Waals surface area contributed by atoms with Gasteiger partial charge in [-0.05, 0) is 6.07 Å². The third-order valence-corrected chi connectivity index (χ3v) is 2.50. The smallest absolute Gasteiger partial charge is 0.146 e. The van der Waals surface area contributed by atoms with Crippen molar-refractivity contribution in [2.24, 2.45) is 0 Å². The maximum absolute atomic E-state index is 8.81. The van der Waals surface area contributed by atoms with Crippen LogP contribution in [0.1, 0.15) is 5.56 Å². The molecule has 2 heterocycles. The van der Waals surface area contributed by atoms with Gasteiger partial charge in [-0.1, -0.05) is 16.8 Å². The molecule has 0 aliphatic heterocycles. The lowest BCUT2D eigenvalue weighted by Gasteiger charge is -2.07. The molecule has 17 heavy (non-hydrogen) atoms. The summed E-state index contributed by atoms with van der Waals surface area (Å²) in [5.41, 5.74) is 0.407. The van der Waals surface area contributed by atoms with Crippen LogP contribution in [-0.4, -0.2) is 26.5 Å². The minimum absolute atomic E-state index is 0.341. The number of hydrogen-bond acceptors (Lipinski definition) is 5. The molecular formula is C10H9ClN6. The van der Waals surface area contributed by atoms with Crippen LogP contribution in [0.3, 0.4) is 0 Å². The van der Waals surface area contributed by atoms with Gasteiger partial charge in [-0.15, -0.1) is 5.10 Å². The summed E-state index contributed by atoms with van der Waals surface area (Å²) in [7, 11) is 0. The van der Waals surface area contributed by atoms with Gasteiger partial charge in [-0.3, -0.25) is 4.68 Å². The summed E-state index contributed by atoms with van der Waals surface area (Å²) in [5, 5.41) is 19.7. The van der Waals surface area contributed by atoms with Crippen molar-refractivity contribution in [2.75, 3.05) is 11.9 Å². The zero-order chi connectivity index (χ0) is 12.1. The number of hydrogen-bond donors (Lipinski definition) is 1. The lowest BCUT2D eigenvalue weighted by atomic mass is 10.3. The van der Waals surface area contributed by atoms with Gasteiger partial charge in [-0.25, -0.2) is 4.98 Å². The summed E-state index contributed by atoms with van der Waals surface area (Å²) in [5.74, 6) is 0.505. The number of nitrogens with one attached hydrogen (secondary N) is 1. The number of anilines is 1. The summed E-state index contributed by atoms with van der Waals surface area (Å²) in [6.07, 6.45) is 4.92. The first-order valence-electron chi connectivity index (χ1n) is 4.94. The van der Waals surface area contributed by atoms with E-state index in [9.17, 15) is 0 Å². The van der Waals surface area contributed by atoms with Crippen LogP contribution in [0.15, 0.2) is 24.7 Å². The Morgan fingerprint density at radius 1 is 1.47 bits per heavy atom. The van der Waals surface area contributed by atoms with E-state index >= 15 is 0 Å². The van der Waals surface area contributed by atoms with Crippen molar-refractivity contribution < 1.29 is 0 Å². The minimum atomic E-state index is 0.341. The van der Waals surface area contributed by atoms with Gasteiger partial charge in [0.25, 0.3) is 0 Å². The van der Waals surface area contributed by atoms with E-state index in [4.69, 9.17) is 16.9 Å². The largest absolute Gasteiger partial charge is 0.367 e. The molecular weight excluding hydrogens is 240 g/mol. The highest BCUT2D eigenvalue weighted by atomic mass is 35.5. The number of halogens is 1. The number of pyridine rings is 1. The van der Waals surface area contributed by atoms with E-state index in [1.807, 2.05) is 6.07 Å². The van der Waals surface area contributed by atoms with Gasteiger partial charge >= 0.3 is 0 Å². The fraction of sp³-hybridized carbons (Fsp3) is 0.200. The Labute approximate surface area is 103 Å². The molecule has 0 aliphatic carbocycles. The molecule has 86 valence electrons. The molecule has 6 nitrogen and oxygen atoms in total. The van der Waals surface area contributed by atoms with Crippen molar-refractivity contribution in [2.45, 2.75) is 6.54 Å². The van der Waals surface area contributed by atoms with E-state index in [2.05, 4.69) is 20.6 Å². The summed E-state index contributed by atoms with van der Waals surface area (Å²) < 4.78 is 1.69. The molecule has 0 amide bonds. The third-order valence-electron chi connectivity index (χ3n) is 2.11. The summed E-state index contributed by atoms with van der Waals surface area (Å²) in [4.78, 5) is 4.07. The standard InChI is InChI=1S/C10H9ClN6/c11-9-8(7-12)1-2-13-10(9)14-3-5-17-6-4-15-16-17/h1-2,4,6H,3,5H2,(H,13,14). The number of rotatable bonds is 4. The lowest BCUT2D eigenvalue weighted by Crippen LogP contribution is -2.12.